The number of aromatic nitrogens is 2. The van der Waals surface area contributed by atoms with Crippen LogP contribution in [0.2, 0.25) is 0 Å². The second kappa shape index (κ2) is 4.83. The molecule has 1 aromatic carbocycles. The molecule has 114 valence electrons. The summed E-state index contributed by atoms with van der Waals surface area (Å²) >= 11 is 0. The standard InChI is InChI=1S/C16H17N3O3/c20-15(14-10-3-1-2-4-11(10)18-19-14)17-13-9-6-5-8(7-9)12(13)16(21)22/h1-4,8-9,12-13H,5-7H2,(H,17,20)(H,18,19)(H,21,22). The minimum absolute atomic E-state index is 0.198. The molecule has 6 heteroatoms. The van der Waals surface area contributed by atoms with Crippen molar-refractivity contribution < 1.29 is 14.7 Å². The number of nitrogens with one attached hydrogen (secondary N) is 2. The largest absolute Gasteiger partial charge is 0.481 e. The Balaban J connectivity index is 1.60. The van der Waals surface area contributed by atoms with Gasteiger partial charge in [-0.15, -0.1) is 0 Å². The molecule has 0 radical (unpaired) electrons. The summed E-state index contributed by atoms with van der Waals surface area (Å²) < 4.78 is 0. The maximum Gasteiger partial charge on any atom is 0.308 e. The van der Waals surface area contributed by atoms with Crippen molar-refractivity contribution in [3.63, 3.8) is 0 Å². The quantitative estimate of drug-likeness (QED) is 0.805. The van der Waals surface area contributed by atoms with Crippen molar-refractivity contribution >= 4 is 22.8 Å². The number of carbonyl (C=O) groups excluding carboxylic acids is 1. The van der Waals surface area contributed by atoms with Gasteiger partial charge in [0, 0.05) is 11.4 Å². The SMILES string of the molecule is O=C(NC1C2CCC(C2)C1C(=O)O)c1n[nH]c2ccccc12. The molecule has 2 aliphatic rings. The molecule has 1 amide bonds. The van der Waals surface area contributed by atoms with Gasteiger partial charge in [0.05, 0.1) is 11.4 Å². The Morgan fingerprint density at radius 2 is 2.00 bits per heavy atom. The molecule has 2 saturated carbocycles. The van der Waals surface area contributed by atoms with Crippen molar-refractivity contribution in [3.8, 4) is 0 Å². The molecule has 4 unspecified atom stereocenters. The summed E-state index contributed by atoms with van der Waals surface area (Å²) in [5.74, 6) is -1.08. The maximum atomic E-state index is 12.5. The second-order valence-electron chi connectivity index (χ2n) is 6.31. The van der Waals surface area contributed by atoms with Gasteiger partial charge in [-0.1, -0.05) is 18.2 Å². The van der Waals surface area contributed by atoms with Gasteiger partial charge in [-0.2, -0.15) is 5.10 Å². The number of para-hydroxylation sites is 1. The van der Waals surface area contributed by atoms with E-state index >= 15 is 0 Å². The van der Waals surface area contributed by atoms with E-state index < -0.39 is 11.9 Å². The van der Waals surface area contributed by atoms with Crippen LogP contribution in [0.3, 0.4) is 0 Å². The Morgan fingerprint density at radius 3 is 2.82 bits per heavy atom. The number of aliphatic carboxylic acids is 1. The summed E-state index contributed by atoms with van der Waals surface area (Å²) in [6.07, 6.45) is 2.86. The van der Waals surface area contributed by atoms with Crippen molar-refractivity contribution in [2.45, 2.75) is 25.3 Å². The third-order valence-corrected chi connectivity index (χ3v) is 5.18. The van der Waals surface area contributed by atoms with Gasteiger partial charge in [-0.05, 0) is 37.2 Å². The summed E-state index contributed by atoms with van der Waals surface area (Å²) in [5.41, 5.74) is 1.14. The minimum Gasteiger partial charge on any atom is -0.481 e. The predicted octanol–water partition coefficient (Wildman–Crippen LogP) is 1.79. The van der Waals surface area contributed by atoms with Gasteiger partial charge >= 0.3 is 5.97 Å². The first-order chi connectivity index (χ1) is 10.6. The smallest absolute Gasteiger partial charge is 0.308 e. The molecule has 1 heterocycles. The lowest BCUT2D eigenvalue weighted by Gasteiger charge is -2.28. The van der Waals surface area contributed by atoms with Crippen LogP contribution in [0.1, 0.15) is 29.8 Å². The van der Waals surface area contributed by atoms with Crippen LogP contribution in [0.25, 0.3) is 10.9 Å². The fourth-order valence-electron chi connectivity index (χ4n) is 4.21. The molecule has 2 aromatic rings. The Hall–Kier alpha value is -2.37. The molecule has 0 spiro atoms. The molecular formula is C16H17N3O3. The number of carboxylic acids is 1. The van der Waals surface area contributed by atoms with E-state index in [1.54, 1.807) is 0 Å². The van der Waals surface area contributed by atoms with Crippen molar-refractivity contribution in [1.29, 1.82) is 0 Å². The minimum atomic E-state index is -0.801. The highest BCUT2D eigenvalue weighted by atomic mass is 16.4. The van der Waals surface area contributed by atoms with E-state index in [2.05, 4.69) is 15.5 Å². The fourth-order valence-corrected chi connectivity index (χ4v) is 4.21. The number of hydrogen-bond donors (Lipinski definition) is 3. The van der Waals surface area contributed by atoms with E-state index in [1.165, 1.54) is 0 Å². The van der Waals surface area contributed by atoms with Crippen molar-refractivity contribution in [2.24, 2.45) is 17.8 Å². The van der Waals surface area contributed by atoms with Crippen LogP contribution in [0.5, 0.6) is 0 Å². The zero-order chi connectivity index (χ0) is 15.3. The first kappa shape index (κ1) is 13.3. The van der Waals surface area contributed by atoms with Gasteiger partial charge in [0.25, 0.3) is 5.91 Å². The van der Waals surface area contributed by atoms with E-state index in [1.807, 2.05) is 24.3 Å². The number of nitrogens with zero attached hydrogens (tertiary/aromatic N) is 1. The number of rotatable bonds is 3. The molecule has 2 bridgehead atoms. The average molecular weight is 299 g/mol. The van der Waals surface area contributed by atoms with Gasteiger partial charge in [0.15, 0.2) is 5.69 Å². The normalized spacial score (nSPS) is 29.8. The molecule has 22 heavy (non-hydrogen) atoms. The summed E-state index contributed by atoms with van der Waals surface area (Å²) in [4.78, 5) is 24.0. The third kappa shape index (κ3) is 1.90. The maximum absolute atomic E-state index is 12.5. The summed E-state index contributed by atoms with van der Waals surface area (Å²) in [6, 6.07) is 7.14. The molecule has 6 nitrogen and oxygen atoms in total. The molecule has 1 aromatic heterocycles. The molecule has 3 N–H and O–H groups in total. The second-order valence-corrected chi connectivity index (χ2v) is 6.31. The Labute approximate surface area is 126 Å². The summed E-state index contributed by atoms with van der Waals surface area (Å²) in [7, 11) is 0. The molecule has 4 atom stereocenters. The molecule has 0 saturated heterocycles. The topological polar surface area (TPSA) is 95.1 Å². The number of H-pyrrole nitrogens is 1. The average Bonchev–Trinajstić information content (AvgIpc) is 3.20. The number of aromatic amines is 1. The first-order valence-corrected chi connectivity index (χ1v) is 7.62. The van der Waals surface area contributed by atoms with Gasteiger partial charge in [-0.3, -0.25) is 14.7 Å². The highest BCUT2D eigenvalue weighted by Gasteiger charge is 2.51. The Bertz CT molecular complexity index is 754. The van der Waals surface area contributed by atoms with Crippen LogP contribution >= 0.6 is 0 Å². The lowest BCUT2D eigenvalue weighted by atomic mass is 9.84. The fraction of sp³-hybridized carbons (Fsp3) is 0.438. The zero-order valence-corrected chi connectivity index (χ0v) is 12.0. The number of carbonyl (C=O) groups is 2. The lowest BCUT2D eigenvalue weighted by Crippen LogP contribution is -2.46. The predicted molar refractivity (Wildman–Crippen MR) is 79.3 cm³/mol. The first-order valence-electron chi connectivity index (χ1n) is 7.62. The number of hydrogen-bond acceptors (Lipinski definition) is 3. The van der Waals surface area contributed by atoms with Gasteiger partial charge < -0.3 is 10.4 Å². The van der Waals surface area contributed by atoms with Crippen LogP contribution < -0.4 is 5.32 Å². The van der Waals surface area contributed by atoms with Crippen molar-refractivity contribution in [3.05, 3.63) is 30.0 Å². The van der Waals surface area contributed by atoms with Crippen molar-refractivity contribution in [2.75, 3.05) is 0 Å². The molecule has 2 aliphatic carbocycles. The van der Waals surface area contributed by atoms with E-state index in [4.69, 9.17) is 0 Å². The molecule has 4 rings (SSSR count). The van der Waals surface area contributed by atoms with E-state index in [0.29, 0.717) is 5.69 Å². The van der Waals surface area contributed by atoms with Crippen LogP contribution in [0.4, 0.5) is 0 Å². The van der Waals surface area contributed by atoms with E-state index in [9.17, 15) is 14.7 Å². The van der Waals surface area contributed by atoms with Crippen LogP contribution in [-0.4, -0.2) is 33.2 Å². The number of fused-ring (bicyclic) bond motifs is 3. The molecule has 2 fully saturated rings. The Kier molecular flexibility index (Phi) is 2.92. The van der Waals surface area contributed by atoms with Gasteiger partial charge in [-0.25, -0.2) is 0 Å². The monoisotopic (exact) mass is 299 g/mol. The highest BCUT2D eigenvalue weighted by molar-refractivity contribution is 6.04. The lowest BCUT2D eigenvalue weighted by molar-refractivity contribution is -0.144. The summed E-state index contributed by atoms with van der Waals surface area (Å²) in [6.45, 7) is 0. The van der Waals surface area contributed by atoms with Crippen LogP contribution in [0, 0.1) is 17.8 Å². The van der Waals surface area contributed by atoms with Crippen LogP contribution in [-0.2, 0) is 4.79 Å². The van der Waals surface area contributed by atoms with Crippen LogP contribution in [0.15, 0.2) is 24.3 Å². The zero-order valence-electron chi connectivity index (χ0n) is 12.0. The molecule has 0 aliphatic heterocycles. The third-order valence-electron chi connectivity index (χ3n) is 5.18. The molecular weight excluding hydrogens is 282 g/mol. The van der Waals surface area contributed by atoms with E-state index in [-0.39, 0.29) is 23.8 Å². The van der Waals surface area contributed by atoms with Crippen molar-refractivity contribution in [1.82, 2.24) is 15.5 Å². The number of benzene rings is 1. The number of amides is 1. The van der Waals surface area contributed by atoms with Gasteiger partial charge in [0.1, 0.15) is 0 Å². The van der Waals surface area contributed by atoms with Gasteiger partial charge in [0.2, 0.25) is 0 Å². The Morgan fingerprint density at radius 1 is 1.23 bits per heavy atom. The number of carboxylic acid groups (broad SMARTS) is 1. The highest BCUT2D eigenvalue weighted by Crippen LogP contribution is 2.48. The van der Waals surface area contributed by atoms with E-state index in [0.717, 1.165) is 30.2 Å². The summed E-state index contributed by atoms with van der Waals surface area (Å²) in [5, 5.41) is 20.1.